The molecule has 2 aromatic rings. The van der Waals surface area contributed by atoms with Gasteiger partial charge in [-0.25, -0.2) is 0 Å². The minimum absolute atomic E-state index is 0.114. The topological polar surface area (TPSA) is 18.5 Å². The van der Waals surface area contributed by atoms with Gasteiger partial charge in [0.25, 0.3) is 0 Å². The summed E-state index contributed by atoms with van der Waals surface area (Å²) in [5.74, 6) is -6.90. The molecule has 0 radical (unpaired) electrons. The van der Waals surface area contributed by atoms with Crippen LogP contribution in [0.4, 0.5) is 61.5 Å². The van der Waals surface area contributed by atoms with E-state index in [2.05, 4.69) is 0 Å². The van der Waals surface area contributed by atoms with Gasteiger partial charge in [0.05, 0.1) is 0 Å². The summed E-state index contributed by atoms with van der Waals surface area (Å²) >= 11 is 0. The van der Waals surface area contributed by atoms with Gasteiger partial charge in [-0.1, -0.05) is 0 Å². The van der Waals surface area contributed by atoms with E-state index in [0.29, 0.717) is 24.3 Å². The van der Waals surface area contributed by atoms with Crippen LogP contribution in [-0.2, 0) is 20.2 Å². The van der Waals surface area contributed by atoms with E-state index in [-0.39, 0.29) is 18.6 Å². The summed E-state index contributed by atoms with van der Waals surface area (Å²) in [7, 11) is -6.85. The van der Waals surface area contributed by atoms with E-state index in [4.69, 9.17) is 9.05 Å². The summed E-state index contributed by atoms with van der Waals surface area (Å²) in [6.07, 6.45) is -28.7. The molecule has 0 amide bonds. The molecule has 0 fully saturated rings. The molecule has 224 valence electrons. The Kier molecular flexibility index (Phi) is 6.49. The molecule has 0 unspecified atom stereocenters. The number of alkyl halides is 14. The van der Waals surface area contributed by atoms with E-state index in [1.165, 1.54) is 6.92 Å². The zero-order valence-electron chi connectivity index (χ0n) is 19.8. The van der Waals surface area contributed by atoms with Crippen LogP contribution >= 0.6 is 7.06 Å². The summed E-state index contributed by atoms with van der Waals surface area (Å²) in [6.45, 7) is 1.31. The van der Waals surface area contributed by atoms with E-state index in [0.717, 1.165) is 12.1 Å². The average molecular weight is 622 g/mol. The second-order valence-electron chi connectivity index (χ2n) is 9.35. The maximum atomic E-state index is 15.2. The summed E-state index contributed by atoms with van der Waals surface area (Å²) in [5, 5.41) is -2.68. The Morgan fingerprint density at radius 1 is 0.600 bits per heavy atom. The van der Waals surface area contributed by atoms with Gasteiger partial charge in [-0.05, 0) is 0 Å². The predicted octanol–water partition coefficient (Wildman–Crippen LogP) is 8.16. The molecule has 2 aliphatic rings. The van der Waals surface area contributed by atoms with Crippen molar-refractivity contribution in [2.24, 2.45) is 0 Å². The molecule has 2 heterocycles. The van der Waals surface area contributed by atoms with Gasteiger partial charge < -0.3 is 0 Å². The summed E-state index contributed by atoms with van der Waals surface area (Å²) in [5.41, 5.74) is -15.0. The van der Waals surface area contributed by atoms with Gasteiger partial charge in [0.1, 0.15) is 0 Å². The fraction of sp³-hybridized carbons (Fsp3) is 0.478. The number of hydrogen-bond acceptors (Lipinski definition) is 2. The van der Waals surface area contributed by atoms with Crippen molar-refractivity contribution in [2.75, 3.05) is 6.16 Å². The number of fused-ring (bicyclic) bond motifs is 4. The third-order valence-electron chi connectivity index (χ3n) is 7.12. The summed E-state index contributed by atoms with van der Waals surface area (Å²) < 4.78 is 212. The van der Waals surface area contributed by atoms with Gasteiger partial charge in [0.15, 0.2) is 0 Å². The van der Waals surface area contributed by atoms with Crippen molar-refractivity contribution >= 4 is 17.7 Å². The molecule has 0 aliphatic carbocycles. The predicted molar refractivity (Wildman–Crippen MR) is 114 cm³/mol. The third kappa shape index (κ3) is 3.41. The number of halogens is 14. The molecule has 1 atom stereocenters. The molecule has 17 heteroatoms. The van der Waals surface area contributed by atoms with Crippen molar-refractivity contribution in [1.29, 1.82) is 0 Å². The van der Waals surface area contributed by atoms with Crippen molar-refractivity contribution in [1.82, 2.24) is 0 Å². The second-order valence-corrected chi connectivity index (χ2v) is 13.4. The van der Waals surface area contributed by atoms with Crippen molar-refractivity contribution in [3.05, 3.63) is 59.7 Å². The van der Waals surface area contributed by atoms with Crippen LogP contribution < -0.4 is 10.6 Å². The monoisotopic (exact) mass is 622 g/mol. The van der Waals surface area contributed by atoms with Crippen molar-refractivity contribution in [2.45, 2.75) is 61.6 Å². The first kappa shape index (κ1) is 30.8. The normalized spacial score (nSPS) is 24.8. The average Bonchev–Trinajstić information content (AvgIpc) is 3.26. The van der Waals surface area contributed by atoms with Crippen LogP contribution in [0, 0.1) is 0 Å². The van der Waals surface area contributed by atoms with Crippen LogP contribution in [0.15, 0.2) is 48.5 Å². The minimum atomic E-state index is -7.02. The van der Waals surface area contributed by atoms with Crippen LogP contribution in [0.25, 0.3) is 0 Å². The molecule has 0 aromatic heterocycles. The van der Waals surface area contributed by atoms with Crippen LogP contribution in [-0.4, -0.2) is 36.8 Å². The van der Waals surface area contributed by atoms with Gasteiger partial charge in [-0.3, -0.25) is 0 Å². The van der Waals surface area contributed by atoms with Gasteiger partial charge in [0, 0.05) is 0 Å². The third-order valence-corrected chi connectivity index (χ3v) is 12.3. The van der Waals surface area contributed by atoms with Crippen LogP contribution in [0.1, 0.15) is 30.9 Å². The maximum absolute atomic E-state index is 15.2. The Morgan fingerprint density at radius 3 is 1.35 bits per heavy atom. The first-order chi connectivity index (χ1) is 18.0. The van der Waals surface area contributed by atoms with Gasteiger partial charge in [-0.15, -0.1) is 0 Å². The first-order valence-electron chi connectivity index (χ1n) is 11.3. The molecular weight excluding hydrogens is 605 g/mol. The molecule has 0 N–H and O–H groups in total. The van der Waals surface area contributed by atoms with E-state index >= 15 is 8.78 Å². The van der Waals surface area contributed by atoms with Gasteiger partial charge in [-0.2, -0.15) is 0 Å². The van der Waals surface area contributed by atoms with Crippen LogP contribution in [0.3, 0.4) is 0 Å². The van der Waals surface area contributed by atoms with E-state index in [1.807, 2.05) is 0 Å². The summed E-state index contributed by atoms with van der Waals surface area (Å²) in [4.78, 5) is 0. The molecule has 0 saturated heterocycles. The molecule has 1 spiro atoms. The van der Waals surface area contributed by atoms with E-state index < -0.39 is 83.2 Å². The molecule has 40 heavy (non-hydrogen) atoms. The number of benzene rings is 2. The Morgan fingerprint density at radius 2 is 0.975 bits per heavy atom. The van der Waals surface area contributed by atoms with Crippen molar-refractivity contribution < 1.29 is 70.5 Å². The van der Waals surface area contributed by atoms with Crippen molar-refractivity contribution in [3.63, 3.8) is 0 Å². The second kappa shape index (κ2) is 8.43. The molecule has 2 aromatic carbocycles. The SMILES string of the molecule is CCCCP12(OC(C(F)(F)F)(C(F)(F)F)c3ccccc31)O[C@@](C(F)(F)F)(C(F)(F)C(F)(F)F)c1ccccc12. The molecule has 4 rings (SSSR count). The Labute approximate surface area is 216 Å². The Bertz CT molecular complexity index is 1300. The molecule has 0 saturated carbocycles. The number of hydrogen-bond donors (Lipinski definition) is 0. The number of rotatable bonds is 4. The van der Waals surface area contributed by atoms with Crippen LogP contribution in [0.2, 0.25) is 0 Å². The number of unbranched alkanes of at least 4 members (excludes halogenated alkanes) is 1. The fourth-order valence-corrected chi connectivity index (χ4v) is 11.8. The summed E-state index contributed by atoms with van der Waals surface area (Å²) in [6, 6.07) is 4.08. The Balaban J connectivity index is 2.31. The molecular formula is C23H17F14O2P. The Hall–Kier alpha value is -2.19. The van der Waals surface area contributed by atoms with E-state index in [9.17, 15) is 52.7 Å². The molecule has 0 bridgehead atoms. The zero-order valence-corrected chi connectivity index (χ0v) is 20.7. The van der Waals surface area contributed by atoms with Gasteiger partial charge in [0.2, 0.25) is 0 Å². The molecule has 2 nitrogen and oxygen atoms in total. The fourth-order valence-electron chi connectivity index (χ4n) is 5.51. The molecule has 2 aliphatic heterocycles. The standard InChI is InChI=1S/C23H17F14O2P/c1-2-3-12-40(16-11-7-5-9-14(16)18(39-40,21(29,30)31)22(32,33)34)15-10-6-4-8-13(15)17(38-40,20(26,27)28)19(24,25)23(35,36)37/h4-11H,2-3,12H2,1H3/t17-/m1/s1. The first-order valence-corrected chi connectivity index (χ1v) is 13.6. The quantitative estimate of drug-likeness (QED) is 0.253. The van der Waals surface area contributed by atoms with Crippen LogP contribution in [0.5, 0.6) is 0 Å². The zero-order chi connectivity index (χ0) is 30.4. The van der Waals surface area contributed by atoms with Gasteiger partial charge >= 0.3 is 216 Å². The van der Waals surface area contributed by atoms with E-state index in [1.54, 1.807) is 0 Å². The van der Waals surface area contributed by atoms with Crippen molar-refractivity contribution in [3.8, 4) is 0 Å².